The van der Waals surface area contributed by atoms with Crippen LogP contribution in [0.2, 0.25) is 0 Å². The lowest BCUT2D eigenvalue weighted by molar-refractivity contribution is -0.146. The molecule has 0 spiro atoms. The van der Waals surface area contributed by atoms with Gasteiger partial charge in [0.05, 0.1) is 6.10 Å². The van der Waals surface area contributed by atoms with Gasteiger partial charge < -0.3 is 15.3 Å². The Morgan fingerprint density at radius 2 is 1.93 bits per heavy atom. The van der Waals surface area contributed by atoms with Gasteiger partial charge in [-0.25, -0.2) is 0 Å². The zero-order chi connectivity index (χ0) is 11.6. The SMILES string of the molecule is CC(=O)NC(C(=O)N1CC(O)C1)C(C)C. The molecule has 0 aromatic heterocycles. The van der Waals surface area contributed by atoms with Crippen molar-refractivity contribution in [2.45, 2.75) is 32.9 Å². The molecule has 0 radical (unpaired) electrons. The molecule has 86 valence electrons. The Labute approximate surface area is 89.4 Å². The Bertz CT molecular complexity index is 259. The maximum atomic E-state index is 11.8. The van der Waals surface area contributed by atoms with E-state index in [4.69, 9.17) is 5.11 Å². The zero-order valence-electron chi connectivity index (χ0n) is 9.36. The molecule has 0 aromatic rings. The van der Waals surface area contributed by atoms with Gasteiger partial charge in [0.1, 0.15) is 6.04 Å². The van der Waals surface area contributed by atoms with Crippen LogP contribution < -0.4 is 5.32 Å². The van der Waals surface area contributed by atoms with Crippen LogP contribution in [0.1, 0.15) is 20.8 Å². The van der Waals surface area contributed by atoms with Crippen LogP contribution in [-0.4, -0.2) is 47.1 Å². The molecule has 5 heteroatoms. The Balaban J connectivity index is 2.55. The van der Waals surface area contributed by atoms with Gasteiger partial charge >= 0.3 is 0 Å². The lowest BCUT2D eigenvalue weighted by atomic mass is 10.0. The van der Waals surface area contributed by atoms with E-state index in [1.165, 1.54) is 6.92 Å². The average Bonchev–Trinajstić information content (AvgIpc) is 2.07. The molecule has 1 unspecified atom stereocenters. The second kappa shape index (κ2) is 4.61. The summed E-state index contributed by atoms with van der Waals surface area (Å²) < 4.78 is 0. The highest BCUT2D eigenvalue weighted by Gasteiger charge is 2.34. The number of nitrogens with one attached hydrogen (secondary N) is 1. The second-order valence-electron chi connectivity index (χ2n) is 4.32. The number of hydrogen-bond acceptors (Lipinski definition) is 3. The number of nitrogens with zero attached hydrogens (tertiary/aromatic N) is 1. The third kappa shape index (κ3) is 2.92. The third-order valence-corrected chi connectivity index (χ3v) is 2.47. The maximum absolute atomic E-state index is 11.8. The fraction of sp³-hybridized carbons (Fsp3) is 0.800. The molecule has 1 fully saturated rings. The van der Waals surface area contributed by atoms with Crippen LogP contribution in [0, 0.1) is 5.92 Å². The van der Waals surface area contributed by atoms with E-state index in [9.17, 15) is 9.59 Å². The fourth-order valence-electron chi connectivity index (χ4n) is 1.56. The molecule has 1 aliphatic heterocycles. The van der Waals surface area contributed by atoms with E-state index >= 15 is 0 Å². The number of β-amino-alcohol motifs (C(OH)–C–C–N with tert-alkyl or cyclic N) is 1. The van der Waals surface area contributed by atoms with Gasteiger partial charge in [0.15, 0.2) is 0 Å². The van der Waals surface area contributed by atoms with Gasteiger partial charge in [-0.15, -0.1) is 0 Å². The summed E-state index contributed by atoms with van der Waals surface area (Å²) in [6.45, 7) is 5.92. The Morgan fingerprint density at radius 3 is 2.27 bits per heavy atom. The first-order valence-corrected chi connectivity index (χ1v) is 5.15. The number of rotatable bonds is 3. The minimum absolute atomic E-state index is 0.0548. The first-order valence-electron chi connectivity index (χ1n) is 5.15. The average molecular weight is 214 g/mol. The Hall–Kier alpha value is -1.10. The topological polar surface area (TPSA) is 69.6 Å². The highest BCUT2D eigenvalue weighted by Crippen LogP contribution is 2.13. The van der Waals surface area contributed by atoms with E-state index in [1.807, 2.05) is 13.8 Å². The van der Waals surface area contributed by atoms with E-state index in [2.05, 4.69) is 5.32 Å². The third-order valence-electron chi connectivity index (χ3n) is 2.47. The van der Waals surface area contributed by atoms with Gasteiger partial charge in [0.25, 0.3) is 0 Å². The van der Waals surface area contributed by atoms with E-state index < -0.39 is 12.1 Å². The summed E-state index contributed by atoms with van der Waals surface area (Å²) in [6.07, 6.45) is -0.404. The van der Waals surface area contributed by atoms with Crippen LogP contribution in [0.4, 0.5) is 0 Å². The summed E-state index contributed by atoms with van der Waals surface area (Å²) in [4.78, 5) is 24.3. The van der Waals surface area contributed by atoms with Crippen LogP contribution in [0.5, 0.6) is 0 Å². The minimum atomic E-state index is -0.477. The number of carbonyl (C=O) groups excluding carboxylic acids is 2. The normalized spacial score (nSPS) is 18.6. The molecule has 2 N–H and O–H groups in total. The minimum Gasteiger partial charge on any atom is -0.389 e. The Kier molecular flexibility index (Phi) is 3.68. The molecule has 1 saturated heterocycles. The maximum Gasteiger partial charge on any atom is 0.245 e. The van der Waals surface area contributed by atoms with Crippen molar-refractivity contribution >= 4 is 11.8 Å². The number of carbonyl (C=O) groups is 2. The van der Waals surface area contributed by atoms with Crippen molar-refractivity contribution in [2.24, 2.45) is 5.92 Å². The van der Waals surface area contributed by atoms with Gasteiger partial charge in [-0.05, 0) is 5.92 Å². The van der Waals surface area contributed by atoms with Crippen molar-refractivity contribution in [3.05, 3.63) is 0 Å². The highest BCUT2D eigenvalue weighted by molar-refractivity contribution is 5.87. The summed E-state index contributed by atoms with van der Waals surface area (Å²) >= 11 is 0. The van der Waals surface area contributed by atoms with Gasteiger partial charge in [0.2, 0.25) is 11.8 Å². The standard InChI is InChI=1S/C10H18N2O3/c1-6(2)9(11-7(3)13)10(15)12-4-8(14)5-12/h6,8-9,14H,4-5H2,1-3H3,(H,11,13). The van der Waals surface area contributed by atoms with E-state index in [1.54, 1.807) is 4.90 Å². The van der Waals surface area contributed by atoms with Gasteiger partial charge in [-0.1, -0.05) is 13.8 Å². The molecule has 0 aromatic carbocycles. The molecular formula is C10H18N2O3. The van der Waals surface area contributed by atoms with E-state index in [0.29, 0.717) is 13.1 Å². The molecular weight excluding hydrogens is 196 g/mol. The quantitative estimate of drug-likeness (QED) is 0.656. The Morgan fingerprint density at radius 1 is 1.40 bits per heavy atom. The molecule has 15 heavy (non-hydrogen) atoms. The van der Waals surface area contributed by atoms with E-state index in [-0.39, 0.29) is 17.7 Å². The van der Waals surface area contributed by atoms with E-state index in [0.717, 1.165) is 0 Å². The van der Waals surface area contributed by atoms with Crippen molar-refractivity contribution in [3.8, 4) is 0 Å². The summed E-state index contributed by atoms with van der Waals surface area (Å²) in [5.74, 6) is -0.257. The number of aliphatic hydroxyl groups excluding tert-OH is 1. The molecule has 0 aliphatic carbocycles. The number of amides is 2. The number of hydrogen-bond donors (Lipinski definition) is 2. The van der Waals surface area contributed by atoms with Crippen molar-refractivity contribution in [2.75, 3.05) is 13.1 Å². The zero-order valence-corrected chi connectivity index (χ0v) is 9.36. The van der Waals surface area contributed by atoms with Crippen molar-refractivity contribution in [1.82, 2.24) is 10.2 Å². The van der Waals surface area contributed by atoms with Crippen LogP contribution in [-0.2, 0) is 9.59 Å². The van der Waals surface area contributed by atoms with Crippen LogP contribution >= 0.6 is 0 Å². The lowest BCUT2D eigenvalue weighted by Gasteiger charge is -2.39. The molecule has 5 nitrogen and oxygen atoms in total. The molecule has 2 amide bonds. The van der Waals surface area contributed by atoms with Gasteiger partial charge in [0, 0.05) is 20.0 Å². The monoisotopic (exact) mass is 214 g/mol. The fourth-order valence-corrected chi connectivity index (χ4v) is 1.56. The molecule has 1 aliphatic rings. The largest absolute Gasteiger partial charge is 0.389 e. The first-order chi connectivity index (χ1) is 6.91. The van der Waals surface area contributed by atoms with Crippen molar-refractivity contribution in [3.63, 3.8) is 0 Å². The second-order valence-corrected chi connectivity index (χ2v) is 4.32. The number of likely N-dealkylation sites (tertiary alicyclic amines) is 1. The van der Waals surface area contributed by atoms with Crippen LogP contribution in [0.3, 0.4) is 0 Å². The summed E-state index contributed by atoms with van der Waals surface area (Å²) in [7, 11) is 0. The number of aliphatic hydroxyl groups is 1. The first kappa shape index (κ1) is 12.0. The molecule has 1 rings (SSSR count). The summed E-state index contributed by atoms with van der Waals surface area (Å²) in [5, 5.41) is 11.7. The van der Waals surface area contributed by atoms with Crippen molar-refractivity contribution in [1.29, 1.82) is 0 Å². The van der Waals surface area contributed by atoms with Crippen molar-refractivity contribution < 1.29 is 14.7 Å². The van der Waals surface area contributed by atoms with Crippen LogP contribution in [0.25, 0.3) is 0 Å². The molecule has 1 atom stereocenters. The smallest absolute Gasteiger partial charge is 0.245 e. The summed E-state index contributed by atoms with van der Waals surface area (Å²) in [5.41, 5.74) is 0. The molecule has 0 bridgehead atoms. The van der Waals surface area contributed by atoms with Gasteiger partial charge in [-0.3, -0.25) is 9.59 Å². The van der Waals surface area contributed by atoms with Crippen LogP contribution in [0.15, 0.2) is 0 Å². The predicted octanol–water partition coefficient (Wildman–Crippen LogP) is -0.650. The van der Waals surface area contributed by atoms with Gasteiger partial charge in [-0.2, -0.15) is 0 Å². The highest BCUT2D eigenvalue weighted by atomic mass is 16.3. The molecule has 1 heterocycles. The lowest BCUT2D eigenvalue weighted by Crippen LogP contribution is -2.60. The summed E-state index contributed by atoms with van der Waals surface area (Å²) in [6, 6.07) is -0.477. The predicted molar refractivity (Wildman–Crippen MR) is 55.0 cm³/mol. The molecule has 0 saturated carbocycles.